The van der Waals surface area contributed by atoms with Crippen LogP contribution in [0.25, 0.3) is 0 Å². The predicted molar refractivity (Wildman–Crippen MR) is 49.6 cm³/mol. The molecule has 0 aliphatic rings. The summed E-state index contributed by atoms with van der Waals surface area (Å²) >= 11 is 0. The van der Waals surface area contributed by atoms with Crippen molar-refractivity contribution >= 4 is 12.0 Å². The molecule has 0 fully saturated rings. The Labute approximate surface area is 84.8 Å². The Kier molecular flexibility index (Phi) is 3.35. The maximum absolute atomic E-state index is 10.5. The number of carbonyl (C=O) groups excluding carboxylic acids is 1. The third-order valence-corrected chi connectivity index (χ3v) is 1.61. The normalized spacial score (nSPS) is 9.00. The Bertz CT molecular complexity index is 436. The molecular formula is C9H6N2O4. The van der Waals surface area contributed by atoms with Crippen molar-refractivity contribution in [2.24, 2.45) is 0 Å². The molecule has 0 aromatic heterocycles. The predicted octanol–water partition coefficient (Wildman–Crippen LogP) is 1.31. The van der Waals surface area contributed by atoms with Crippen LogP contribution in [0.2, 0.25) is 0 Å². The first-order chi connectivity index (χ1) is 7.19. The second-order valence-corrected chi connectivity index (χ2v) is 2.55. The maximum Gasteiger partial charge on any atom is 0.311 e. The summed E-state index contributed by atoms with van der Waals surface area (Å²) in [6.45, 7) is -0.302. The molecule has 0 amide bonds. The zero-order valence-electron chi connectivity index (χ0n) is 7.54. The summed E-state index contributed by atoms with van der Waals surface area (Å²) in [7, 11) is 0. The molecule has 0 heterocycles. The van der Waals surface area contributed by atoms with Crippen LogP contribution in [0.1, 0.15) is 10.4 Å². The summed E-state index contributed by atoms with van der Waals surface area (Å²) in [6.07, 6.45) is 0.545. The molecule has 0 N–H and O–H groups in total. The van der Waals surface area contributed by atoms with E-state index in [1.807, 2.05) is 0 Å². The van der Waals surface area contributed by atoms with Crippen LogP contribution >= 0.6 is 0 Å². The van der Waals surface area contributed by atoms with Gasteiger partial charge in [0.25, 0.3) is 0 Å². The molecule has 1 rings (SSSR count). The summed E-state index contributed by atoms with van der Waals surface area (Å²) in [5.41, 5.74) is -0.00982. The zero-order valence-corrected chi connectivity index (χ0v) is 7.54. The van der Waals surface area contributed by atoms with Crippen LogP contribution in [-0.2, 0) is 0 Å². The van der Waals surface area contributed by atoms with Crippen molar-refractivity contribution < 1.29 is 14.5 Å². The lowest BCUT2D eigenvalue weighted by atomic mass is 10.2. The van der Waals surface area contributed by atoms with Crippen LogP contribution in [0.5, 0.6) is 5.75 Å². The Morgan fingerprint density at radius 3 is 2.87 bits per heavy atom. The van der Waals surface area contributed by atoms with Crippen molar-refractivity contribution in [2.45, 2.75) is 0 Å². The van der Waals surface area contributed by atoms with Crippen LogP contribution in [0.15, 0.2) is 18.2 Å². The largest absolute Gasteiger partial charge is 0.472 e. The van der Waals surface area contributed by atoms with Gasteiger partial charge in [-0.15, -0.1) is 0 Å². The molecule has 0 saturated heterocycles. The van der Waals surface area contributed by atoms with Crippen molar-refractivity contribution in [1.29, 1.82) is 5.26 Å². The van der Waals surface area contributed by atoms with E-state index in [1.54, 1.807) is 6.07 Å². The van der Waals surface area contributed by atoms with Crippen molar-refractivity contribution in [3.63, 3.8) is 0 Å². The summed E-state index contributed by atoms with van der Waals surface area (Å²) in [5, 5.41) is 18.8. The number of nitro benzene ring substituents is 1. The van der Waals surface area contributed by atoms with Gasteiger partial charge in [0.15, 0.2) is 12.4 Å². The lowest BCUT2D eigenvalue weighted by molar-refractivity contribution is -0.385. The number of rotatable bonds is 4. The smallest absolute Gasteiger partial charge is 0.311 e. The second kappa shape index (κ2) is 4.72. The van der Waals surface area contributed by atoms with Crippen molar-refractivity contribution in [3.05, 3.63) is 33.9 Å². The summed E-state index contributed by atoms with van der Waals surface area (Å²) in [6, 6.07) is 5.38. The highest BCUT2D eigenvalue weighted by molar-refractivity contribution is 5.76. The van der Waals surface area contributed by atoms with Gasteiger partial charge in [0.2, 0.25) is 0 Å². The molecule has 15 heavy (non-hydrogen) atoms. The average molecular weight is 206 g/mol. The molecular weight excluding hydrogens is 200 g/mol. The third-order valence-electron chi connectivity index (χ3n) is 1.61. The number of nitrogens with zero attached hydrogens (tertiary/aromatic N) is 2. The van der Waals surface area contributed by atoms with Crippen molar-refractivity contribution in [1.82, 2.24) is 0 Å². The van der Waals surface area contributed by atoms with E-state index < -0.39 is 4.92 Å². The standard InChI is InChI=1S/C9H6N2O4/c10-3-4-15-9-5-7(6-12)1-2-8(9)11(13)14/h1-2,5-6H,4H2. The van der Waals surface area contributed by atoms with Crippen LogP contribution in [0, 0.1) is 21.4 Å². The van der Waals surface area contributed by atoms with Gasteiger partial charge in [-0.25, -0.2) is 0 Å². The van der Waals surface area contributed by atoms with E-state index in [9.17, 15) is 14.9 Å². The van der Waals surface area contributed by atoms with E-state index in [1.165, 1.54) is 12.1 Å². The first-order valence-corrected chi connectivity index (χ1v) is 3.92. The first kappa shape index (κ1) is 10.7. The minimum absolute atomic E-state index is 0.0776. The van der Waals surface area contributed by atoms with Crippen molar-refractivity contribution in [2.75, 3.05) is 6.61 Å². The number of nitriles is 1. The molecule has 0 saturated carbocycles. The van der Waals surface area contributed by atoms with E-state index in [2.05, 4.69) is 0 Å². The van der Waals surface area contributed by atoms with Crippen LogP contribution < -0.4 is 4.74 Å². The Morgan fingerprint density at radius 1 is 1.60 bits per heavy atom. The number of carbonyl (C=O) groups is 1. The van der Waals surface area contributed by atoms with Crippen molar-refractivity contribution in [3.8, 4) is 11.8 Å². The molecule has 0 bridgehead atoms. The molecule has 1 aromatic carbocycles. The van der Waals surface area contributed by atoms with Gasteiger partial charge >= 0.3 is 5.69 Å². The Morgan fingerprint density at radius 2 is 2.33 bits per heavy atom. The van der Waals surface area contributed by atoms with Gasteiger partial charge in [-0.2, -0.15) is 5.26 Å². The van der Waals surface area contributed by atoms with Crippen LogP contribution in [0.3, 0.4) is 0 Å². The van der Waals surface area contributed by atoms with Gasteiger partial charge in [0.05, 0.1) is 4.92 Å². The van der Waals surface area contributed by atoms with Gasteiger partial charge in [-0.1, -0.05) is 0 Å². The molecule has 0 spiro atoms. The molecule has 6 heteroatoms. The van der Waals surface area contributed by atoms with E-state index in [0.717, 1.165) is 6.07 Å². The highest BCUT2D eigenvalue weighted by Crippen LogP contribution is 2.27. The van der Waals surface area contributed by atoms with Gasteiger partial charge in [0, 0.05) is 11.6 Å². The van der Waals surface area contributed by atoms with Crippen LogP contribution in [0.4, 0.5) is 5.69 Å². The Balaban J connectivity index is 3.11. The van der Waals surface area contributed by atoms with Gasteiger partial charge < -0.3 is 4.74 Å². The molecule has 0 radical (unpaired) electrons. The summed E-state index contributed by atoms with van der Waals surface area (Å²) in [4.78, 5) is 20.3. The molecule has 0 atom stereocenters. The molecule has 0 unspecified atom stereocenters. The molecule has 1 aromatic rings. The minimum atomic E-state index is -0.638. The monoisotopic (exact) mass is 206 g/mol. The molecule has 0 aliphatic heterocycles. The quantitative estimate of drug-likeness (QED) is 0.420. The number of nitro groups is 1. The number of benzene rings is 1. The lowest BCUT2D eigenvalue weighted by Gasteiger charge is -2.02. The number of hydrogen-bond acceptors (Lipinski definition) is 5. The number of hydrogen-bond donors (Lipinski definition) is 0. The number of aldehydes is 1. The first-order valence-electron chi connectivity index (χ1n) is 3.92. The fourth-order valence-electron chi connectivity index (χ4n) is 0.980. The third kappa shape index (κ3) is 2.51. The second-order valence-electron chi connectivity index (χ2n) is 2.55. The van der Waals surface area contributed by atoms with Gasteiger partial charge in [0.1, 0.15) is 12.4 Å². The lowest BCUT2D eigenvalue weighted by Crippen LogP contribution is -1.99. The fourth-order valence-corrected chi connectivity index (χ4v) is 0.980. The average Bonchev–Trinajstić information content (AvgIpc) is 2.25. The number of ether oxygens (including phenoxy) is 1. The Hall–Kier alpha value is -2.42. The van der Waals surface area contributed by atoms with Gasteiger partial charge in [-0.3, -0.25) is 14.9 Å². The topological polar surface area (TPSA) is 93.2 Å². The van der Waals surface area contributed by atoms with E-state index >= 15 is 0 Å². The SMILES string of the molecule is N#CCOc1cc(C=O)ccc1[N+](=O)[O-]. The summed E-state index contributed by atoms with van der Waals surface area (Å²) < 4.78 is 4.83. The highest BCUT2D eigenvalue weighted by atomic mass is 16.6. The summed E-state index contributed by atoms with van der Waals surface area (Å²) in [5.74, 6) is -0.0776. The molecule has 6 nitrogen and oxygen atoms in total. The fraction of sp³-hybridized carbons (Fsp3) is 0.111. The maximum atomic E-state index is 10.5. The van der Waals surface area contributed by atoms with E-state index in [-0.39, 0.29) is 23.6 Å². The molecule has 76 valence electrons. The zero-order chi connectivity index (χ0) is 11.3. The van der Waals surface area contributed by atoms with Crippen LogP contribution in [-0.4, -0.2) is 17.8 Å². The highest BCUT2D eigenvalue weighted by Gasteiger charge is 2.15. The van der Waals surface area contributed by atoms with E-state index in [4.69, 9.17) is 10.00 Å². The van der Waals surface area contributed by atoms with E-state index in [0.29, 0.717) is 6.29 Å². The van der Waals surface area contributed by atoms with Gasteiger partial charge in [-0.05, 0) is 12.1 Å². The molecule has 0 aliphatic carbocycles. The minimum Gasteiger partial charge on any atom is -0.472 e.